The van der Waals surface area contributed by atoms with Crippen molar-refractivity contribution in [1.82, 2.24) is 30.5 Å². The summed E-state index contributed by atoms with van der Waals surface area (Å²) < 4.78 is 0. The molecule has 1 aliphatic rings. The number of hydrogen-bond donors (Lipinski definition) is 3. The SMILES string of the molecule is Br.O=C(NCc1ccccc1)NCc1ccc(CN(Cc2nc3ccccc3[nH]2)C2CCCc3cccnc32)cc1. The third-order valence-electron chi connectivity index (χ3n) is 7.56. The Balaban J connectivity index is 0.00000337. The van der Waals surface area contributed by atoms with Gasteiger partial charge in [-0.25, -0.2) is 9.78 Å². The maximum atomic E-state index is 12.3. The first kappa shape index (κ1) is 28.5. The summed E-state index contributed by atoms with van der Waals surface area (Å²) in [5.74, 6) is 0.964. The molecule has 0 fully saturated rings. The van der Waals surface area contributed by atoms with Gasteiger partial charge >= 0.3 is 6.03 Å². The molecule has 3 N–H and O–H groups in total. The zero-order chi connectivity index (χ0) is 27.1. The van der Waals surface area contributed by atoms with Crippen LogP contribution in [-0.4, -0.2) is 25.9 Å². The maximum absolute atomic E-state index is 12.3. The van der Waals surface area contributed by atoms with E-state index >= 15 is 0 Å². The van der Waals surface area contributed by atoms with Crippen molar-refractivity contribution in [3.05, 3.63) is 131 Å². The molecule has 0 spiro atoms. The van der Waals surface area contributed by atoms with E-state index in [0.717, 1.165) is 53.8 Å². The number of urea groups is 1. The minimum atomic E-state index is -0.173. The summed E-state index contributed by atoms with van der Waals surface area (Å²) >= 11 is 0. The molecule has 0 bridgehead atoms. The molecule has 210 valence electrons. The highest BCUT2D eigenvalue weighted by atomic mass is 79.9. The van der Waals surface area contributed by atoms with Crippen molar-refractivity contribution in [3.63, 3.8) is 0 Å². The molecule has 6 rings (SSSR count). The van der Waals surface area contributed by atoms with E-state index in [1.165, 1.54) is 16.8 Å². The van der Waals surface area contributed by atoms with E-state index in [0.29, 0.717) is 19.6 Å². The van der Waals surface area contributed by atoms with Crippen molar-refractivity contribution in [2.45, 2.75) is 51.5 Å². The number of rotatable bonds is 9. The molecule has 41 heavy (non-hydrogen) atoms. The van der Waals surface area contributed by atoms with Crippen molar-refractivity contribution < 1.29 is 4.79 Å². The van der Waals surface area contributed by atoms with Crippen LogP contribution in [0.4, 0.5) is 4.79 Å². The zero-order valence-electron chi connectivity index (χ0n) is 22.9. The Labute approximate surface area is 251 Å². The number of halogens is 1. The summed E-state index contributed by atoms with van der Waals surface area (Å²) in [5.41, 5.74) is 7.94. The highest BCUT2D eigenvalue weighted by Crippen LogP contribution is 2.34. The summed E-state index contributed by atoms with van der Waals surface area (Å²) in [4.78, 5) is 28.0. The largest absolute Gasteiger partial charge is 0.341 e. The highest BCUT2D eigenvalue weighted by molar-refractivity contribution is 8.93. The molecule has 5 aromatic rings. The van der Waals surface area contributed by atoms with Crippen molar-refractivity contribution in [2.24, 2.45) is 0 Å². The maximum Gasteiger partial charge on any atom is 0.315 e. The second kappa shape index (κ2) is 13.6. The van der Waals surface area contributed by atoms with E-state index in [1.54, 1.807) is 0 Å². The van der Waals surface area contributed by atoms with E-state index in [-0.39, 0.29) is 29.1 Å². The number of carbonyl (C=O) groups excluding carboxylic acids is 1. The van der Waals surface area contributed by atoms with Gasteiger partial charge in [-0.05, 0) is 59.7 Å². The van der Waals surface area contributed by atoms with Gasteiger partial charge in [-0.2, -0.15) is 0 Å². The number of benzene rings is 3. The second-order valence-electron chi connectivity index (χ2n) is 10.4. The highest BCUT2D eigenvalue weighted by Gasteiger charge is 2.28. The van der Waals surface area contributed by atoms with Crippen LogP contribution in [0.15, 0.2) is 97.2 Å². The first-order chi connectivity index (χ1) is 19.7. The van der Waals surface area contributed by atoms with Crippen LogP contribution in [0.25, 0.3) is 11.0 Å². The van der Waals surface area contributed by atoms with Crippen molar-refractivity contribution in [1.29, 1.82) is 0 Å². The molecule has 0 saturated heterocycles. The topological polar surface area (TPSA) is 85.9 Å². The van der Waals surface area contributed by atoms with Crippen molar-refractivity contribution in [3.8, 4) is 0 Å². The van der Waals surface area contributed by atoms with Gasteiger partial charge in [0.2, 0.25) is 0 Å². The number of aromatic amines is 1. The molecule has 0 saturated carbocycles. The number of hydrogen-bond acceptors (Lipinski definition) is 4. The number of carbonyl (C=O) groups is 1. The molecule has 1 unspecified atom stereocenters. The molecule has 2 amide bonds. The molecule has 8 heteroatoms. The standard InChI is InChI=1S/C33H34N6O.BrH/c40-33(35-20-24-8-2-1-3-9-24)36-21-25-15-17-26(18-16-25)22-39(23-31-37-28-12-4-5-13-29(28)38-31)30-14-6-10-27-11-7-19-34-32(27)30;/h1-5,7-9,11-13,15-19,30H,6,10,14,20-23H2,(H,37,38)(H2,35,36,40);1H. The number of para-hydroxylation sites is 2. The molecular weight excluding hydrogens is 576 g/mol. The summed E-state index contributed by atoms with van der Waals surface area (Å²) in [7, 11) is 0. The summed E-state index contributed by atoms with van der Waals surface area (Å²) in [5, 5.41) is 5.87. The van der Waals surface area contributed by atoms with Crippen LogP contribution in [-0.2, 0) is 32.6 Å². The monoisotopic (exact) mass is 610 g/mol. The van der Waals surface area contributed by atoms with Crippen LogP contribution < -0.4 is 10.6 Å². The lowest BCUT2D eigenvalue weighted by molar-refractivity contribution is 0.153. The number of fused-ring (bicyclic) bond motifs is 2. The van der Waals surface area contributed by atoms with Crippen LogP contribution in [0.2, 0.25) is 0 Å². The van der Waals surface area contributed by atoms with Crippen molar-refractivity contribution in [2.75, 3.05) is 0 Å². The Bertz CT molecular complexity index is 1540. The van der Waals surface area contributed by atoms with Gasteiger partial charge in [0, 0.05) is 25.8 Å². The third kappa shape index (κ3) is 7.20. The minimum absolute atomic E-state index is 0. The van der Waals surface area contributed by atoms with Gasteiger partial charge in [0.25, 0.3) is 0 Å². The van der Waals surface area contributed by atoms with Gasteiger partial charge in [0.05, 0.1) is 29.3 Å². The number of aromatic nitrogens is 3. The first-order valence-electron chi connectivity index (χ1n) is 14.0. The average Bonchev–Trinajstić information content (AvgIpc) is 3.42. The smallest absolute Gasteiger partial charge is 0.315 e. The molecular formula is C33H35BrN6O. The minimum Gasteiger partial charge on any atom is -0.341 e. The van der Waals surface area contributed by atoms with Crippen LogP contribution in [0.3, 0.4) is 0 Å². The summed E-state index contributed by atoms with van der Waals surface area (Å²) in [6, 6.07) is 30.9. The lowest BCUT2D eigenvalue weighted by atomic mass is 9.90. The number of nitrogens with one attached hydrogen (secondary N) is 3. The predicted octanol–water partition coefficient (Wildman–Crippen LogP) is 6.62. The Kier molecular flexibility index (Phi) is 9.44. The van der Waals surface area contributed by atoms with Gasteiger partial charge in [0.15, 0.2) is 0 Å². The fraction of sp³-hybridized carbons (Fsp3) is 0.242. The molecule has 7 nitrogen and oxygen atoms in total. The van der Waals surface area contributed by atoms with E-state index < -0.39 is 0 Å². The van der Waals surface area contributed by atoms with E-state index in [2.05, 4.69) is 56.9 Å². The van der Waals surface area contributed by atoms with Crippen LogP contribution in [0.5, 0.6) is 0 Å². The Morgan fingerprint density at radius 3 is 2.32 bits per heavy atom. The molecule has 1 atom stereocenters. The molecule has 1 aliphatic carbocycles. The molecule has 2 aromatic heterocycles. The van der Waals surface area contributed by atoms with Gasteiger partial charge in [-0.1, -0.05) is 72.8 Å². The molecule has 3 aromatic carbocycles. The van der Waals surface area contributed by atoms with Crippen LogP contribution in [0, 0.1) is 0 Å². The van der Waals surface area contributed by atoms with E-state index in [9.17, 15) is 4.79 Å². The van der Waals surface area contributed by atoms with Crippen LogP contribution in [0.1, 0.15) is 52.7 Å². The van der Waals surface area contributed by atoms with Gasteiger partial charge in [-0.15, -0.1) is 17.0 Å². The Hall–Kier alpha value is -4.01. The number of pyridine rings is 1. The second-order valence-corrected chi connectivity index (χ2v) is 10.4. The Morgan fingerprint density at radius 1 is 0.829 bits per heavy atom. The number of imidazole rings is 1. The molecule has 0 radical (unpaired) electrons. The normalized spacial score (nSPS) is 14.3. The molecule has 0 aliphatic heterocycles. The lowest BCUT2D eigenvalue weighted by Gasteiger charge is -2.34. The number of H-pyrrole nitrogens is 1. The summed E-state index contributed by atoms with van der Waals surface area (Å²) in [6.07, 6.45) is 5.22. The zero-order valence-corrected chi connectivity index (χ0v) is 24.6. The van der Waals surface area contributed by atoms with E-state index in [1.807, 2.05) is 60.8 Å². The third-order valence-corrected chi connectivity index (χ3v) is 7.56. The fourth-order valence-corrected chi connectivity index (χ4v) is 5.51. The van der Waals surface area contributed by atoms with Gasteiger partial charge < -0.3 is 15.6 Å². The lowest BCUT2D eigenvalue weighted by Crippen LogP contribution is -2.34. The Morgan fingerprint density at radius 2 is 1.54 bits per heavy atom. The van der Waals surface area contributed by atoms with Crippen molar-refractivity contribution >= 4 is 34.0 Å². The number of nitrogens with zero attached hydrogens (tertiary/aromatic N) is 3. The van der Waals surface area contributed by atoms with Gasteiger partial charge in [0.1, 0.15) is 5.82 Å². The molecule has 2 heterocycles. The summed E-state index contributed by atoms with van der Waals surface area (Å²) in [6.45, 7) is 2.47. The van der Waals surface area contributed by atoms with Crippen LogP contribution >= 0.6 is 17.0 Å². The number of aryl methyl sites for hydroxylation is 1. The average molecular weight is 612 g/mol. The predicted molar refractivity (Wildman–Crippen MR) is 168 cm³/mol. The fourth-order valence-electron chi connectivity index (χ4n) is 5.51. The van der Waals surface area contributed by atoms with Gasteiger partial charge in [-0.3, -0.25) is 9.88 Å². The first-order valence-corrected chi connectivity index (χ1v) is 14.0. The van der Waals surface area contributed by atoms with E-state index in [4.69, 9.17) is 9.97 Å². The number of amides is 2. The quantitative estimate of drug-likeness (QED) is 0.175.